The van der Waals surface area contributed by atoms with Crippen LogP contribution in [-0.2, 0) is 16.0 Å². The van der Waals surface area contributed by atoms with Crippen molar-refractivity contribution in [3.8, 4) is 11.5 Å². The highest BCUT2D eigenvalue weighted by Crippen LogP contribution is 2.18. The lowest BCUT2D eigenvalue weighted by molar-refractivity contribution is -0.123. The molecule has 0 fully saturated rings. The SMILES string of the molecule is CCCOC(=O)c1ccc(OCC(=O)NNC(=S)NC(=O)c2ccccc2OCCc2ccccc2)cc1. The molecule has 0 bridgehead atoms. The molecule has 9 nitrogen and oxygen atoms in total. The largest absolute Gasteiger partial charge is 0.492 e. The quantitative estimate of drug-likeness (QED) is 0.194. The van der Waals surface area contributed by atoms with Crippen LogP contribution >= 0.6 is 12.2 Å². The van der Waals surface area contributed by atoms with E-state index in [1.54, 1.807) is 48.5 Å². The number of thiocarbonyl (C=S) groups is 1. The minimum atomic E-state index is -0.530. The molecule has 0 unspecified atom stereocenters. The molecule has 0 radical (unpaired) electrons. The van der Waals surface area contributed by atoms with Gasteiger partial charge in [-0.1, -0.05) is 49.4 Å². The number of hydrazine groups is 1. The molecule has 0 aliphatic rings. The second-order valence-electron chi connectivity index (χ2n) is 7.99. The van der Waals surface area contributed by atoms with Gasteiger partial charge in [0.2, 0.25) is 0 Å². The highest BCUT2D eigenvalue weighted by atomic mass is 32.1. The van der Waals surface area contributed by atoms with Crippen molar-refractivity contribution < 1.29 is 28.6 Å². The zero-order valence-corrected chi connectivity index (χ0v) is 21.7. The average Bonchev–Trinajstić information content (AvgIpc) is 2.94. The number of amides is 2. The molecule has 3 N–H and O–H groups in total. The van der Waals surface area contributed by atoms with Crippen molar-refractivity contribution >= 4 is 35.1 Å². The van der Waals surface area contributed by atoms with E-state index >= 15 is 0 Å². The molecule has 0 spiro atoms. The van der Waals surface area contributed by atoms with Gasteiger partial charge in [-0.3, -0.25) is 25.8 Å². The van der Waals surface area contributed by atoms with Crippen LogP contribution < -0.4 is 25.6 Å². The lowest BCUT2D eigenvalue weighted by Crippen LogP contribution is -2.49. The van der Waals surface area contributed by atoms with Gasteiger partial charge in [0.25, 0.3) is 11.8 Å². The molecule has 3 aromatic carbocycles. The molecule has 38 heavy (non-hydrogen) atoms. The summed E-state index contributed by atoms with van der Waals surface area (Å²) in [4.78, 5) is 36.6. The smallest absolute Gasteiger partial charge is 0.338 e. The molecule has 0 saturated heterocycles. The van der Waals surface area contributed by atoms with E-state index in [0.717, 1.165) is 12.0 Å². The highest BCUT2D eigenvalue weighted by Gasteiger charge is 2.14. The number of ether oxygens (including phenoxy) is 3. The zero-order chi connectivity index (χ0) is 27.2. The fraction of sp³-hybridized carbons (Fsp3) is 0.214. The van der Waals surface area contributed by atoms with Gasteiger partial charge >= 0.3 is 5.97 Å². The third kappa shape index (κ3) is 9.21. The number of esters is 1. The predicted octanol–water partition coefficient (Wildman–Crippen LogP) is 3.59. The summed E-state index contributed by atoms with van der Waals surface area (Å²) in [6.07, 6.45) is 1.43. The van der Waals surface area contributed by atoms with Crippen LogP contribution in [0.3, 0.4) is 0 Å². The van der Waals surface area contributed by atoms with Gasteiger partial charge in [-0.15, -0.1) is 0 Å². The van der Waals surface area contributed by atoms with Crippen molar-refractivity contribution in [3.05, 3.63) is 95.6 Å². The van der Waals surface area contributed by atoms with Gasteiger partial charge in [-0.05, 0) is 60.6 Å². The fourth-order valence-corrected chi connectivity index (χ4v) is 3.33. The lowest BCUT2D eigenvalue weighted by Gasteiger charge is -2.14. The molecule has 0 aliphatic carbocycles. The monoisotopic (exact) mass is 535 g/mol. The van der Waals surface area contributed by atoms with E-state index in [4.69, 9.17) is 26.4 Å². The number of hydrogen-bond acceptors (Lipinski definition) is 7. The molecule has 10 heteroatoms. The Hall–Kier alpha value is -4.44. The summed E-state index contributed by atoms with van der Waals surface area (Å²) in [6.45, 7) is 2.34. The van der Waals surface area contributed by atoms with E-state index in [1.165, 1.54) is 0 Å². The molecular formula is C28H29N3O6S. The van der Waals surface area contributed by atoms with Crippen LogP contribution in [0, 0.1) is 0 Å². The lowest BCUT2D eigenvalue weighted by atomic mass is 10.1. The van der Waals surface area contributed by atoms with Crippen LogP contribution in [0.4, 0.5) is 0 Å². The molecule has 3 aromatic rings. The third-order valence-electron chi connectivity index (χ3n) is 5.06. The molecule has 0 aliphatic heterocycles. The summed E-state index contributed by atoms with van der Waals surface area (Å²) >= 11 is 5.11. The van der Waals surface area contributed by atoms with E-state index in [-0.39, 0.29) is 11.7 Å². The van der Waals surface area contributed by atoms with E-state index in [2.05, 4.69) is 16.2 Å². The second-order valence-corrected chi connectivity index (χ2v) is 8.39. The van der Waals surface area contributed by atoms with E-state index < -0.39 is 17.8 Å². The summed E-state index contributed by atoms with van der Waals surface area (Å²) in [5.74, 6) is -0.617. The van der Waals surface area contributed by atoms with Crippen molar-refractivity contribution in [2.75, 3.05) is 19.8 Å². The molecule has 198 valence electrons. The van der Waals surface area contributed by atoms with Crippen LogP contribution in [0.2, 0.25) is 0 Å². The number of para-hydroxylation sites is 1. The summed E-state index contributed by atoms with van der Waals surface area (Å²) in [6, 6.07) is 22.9. The van der Waals surface area contributed by atoms with Gasteiger partial charge in [0, 0.05) is 6.42 Å². The Labute approximate surface area is 226 Å². The van der Waals surface area contributed by atoms with Gasteiger partial charge in [-0.25, -0.2) is 4.79 Å². The Morgan fingerprint density at radius 2 is 1.53 bits per heavy atom. The van der Waals surface area contributed by atoms with Crippen molar-refractivity contribution in [1.82, 2.24) is 16.2 Å². The van der Waals surface area contributed by atoms with Crippen molar-refractivity contribution in [2.24, 2.45) is 0 Å². The number of benzene rings is 3. The molecular weight excluding hydrogens is 506 g/mol. The Bertz CT molecular complexity index is 1230. The first-order chi connectivity index (χ1) is 18.5. The Kier molecular flexibility index (Phi) is 11.1. The van der Waals surface area contributed by atoms with Gasteiger partial charge in [-0.2, -0.15) is 0 Å². The number of rotatable bonds is 11. The first-order valence-electron chi connectivity index (χ1n) is 12.0. The summed E-state index contributed by atoms with van der Waals surface area (Å²) in [7, 11) is 0. The van der Waals surface area contributed by atoms with E-state index in [0.29, 0.717) is 42.3 Å². The average molecular weight is 536 g/mol. The van der Waals surface area contributed by atoms with Crippen LogP contribution in [0.15, 0.2) is 78.9 Å². The first kappa shape index (κ1) is 28.1. The normalized spacial score (nSPS) is 10.1. The summed E-state index contributed by atoms with van der Waals surface area (Å²) < 4.78 is 16.3. The van der Waals surface area contributed by atoms with Gasteiger partial charge in [0.05, 0.1) is 24.3 Å². The van der Waals surface area contributed by atoms with Crippen LogP contribution in [0.5, 0.6) is 11.5 Å². The van der Waals surface area contributed by atoms with Crippen molar-refractivity contribution in [2.45, 2.75) is 19.8 Å². The van der Waals surface area contributed by atoms with Crippen LogP contribution in [0.1, 0.15) is 39.6 Å². The second kappa shape index (κ2) is 15.0. The third-order valence-corrected chi connectivity index (χ3v) is 5.27. The van der Waals surface area contributed by atoms with Gasteiger partial charge in [0.1, 0.15) is 11.5 Å². The number of nitrogens with one attached hydrogen (secondary N) is 3. The molecule has 0 saturated carbocycles. The summed E-state index contributed by atoms with van der Waals surface area (Å²) in [5.41, 5.74) is 6.64. The minimum Gasteiger partial charge on any atom is -0.492 e. The van der Waals surface area contributed by atoms with Crippen molar-refractivity contribution in [3.63, 3.8) is 0 Å². The first-order valence-corrected chi connectivity index (χ1v) is 12.4. The maximum absolute atomic E-state index is 12.7. The Morgan fingerprint density at radius 1 is 0.816 bits per heavy atom. The number of hydrogen-bond donors (Lipinski definition) is 3. The Morgan fingerprint density at radius 3 is 2.26 bits per heavy atom. The minimum absolute atomic E-state index is 0.0996. The highest BCUT2D eigenvalue weighted by molar-refractivity contribution is 7.80. The fourth-order valence-electron chi connectivity index (χ4n) is 3.18. The van der Waals surface area contributed by atoms with Gasteiger partial charge < -0.3 is 14.2 Å². The van der Waals surface area contributed by atoms with Crippen molar-refractivity contribution in [1.29, 1.82) is 0 Å². The number of carbonyl (C=O) groups is 3. The van der Waals surface area contributed by atoms with Crippen LogP contribution in [-0.4, -0.2) is 42.7 Å². The summed E-state index contributed by atoms with van der Waals surface area (Å²) in [5, 5.41) is 2.41. The maximum Gasteiger partial charge on any atom is 0.338 e. The van der Waals surface area contributed by atoms with E-state index in [9.17, 15) is 14.4 Å². The molecule has 2 amide bonds. The molecule has 0 aromatic heterocycles. The van der Waals surface area contributed by atoms with E-state index in [1.807, 2.05) is 37.3 Å². The topological polar surface area (TPSA) is 115 Å². The zero-order valence-electron chi connectivity index (χ0n) is 20.9. The standard InChI is InChI=1S/C28H29N3O6S/c1-2-17-36-27(34)21-12-14-22(15-13-21)37-19-25(32)30-31-28(38)29-26(33)23-10-6-7-11-24(23)35-18-16-20-8-4-3-5-9-20/h3-15H,2,16-19H2,1H3,(H,30,32)(H2,29,31,33,38). The Balaban J connectivity index is 1.40. The number of carbonyl (C=O) groups excluding carboxylic acids is 3. The maximum atomic E-state index is 12.7. The van der Waals surface area contributed by atoms with Crippen LogP contribution in [0.25, 0.3) is 0 Å². The van der Waals surface area contributed by atoms with Gasteiger partial charge in [0.15, 0.2) is 11.7 Å². The molecule has 0 atom stereocenters. The predicted molar refractivity (Wildman–Crippen MR) is 146 cm³/mol. The molecule has 3 rings (SSSR count). The molecule has 0 heterocycles.